The number of carbonyl (C=O) groups is 1. The second-order valence-corrected chi connectivity index (χ2v) is 3.98. The van der Waals surface area contributed by atoms with Gasteiger partial charge in [-0.25, -0.2) is 4.79 Å². The number of aliphatic hydroxyl groups excluding tert-OH is 1. The Morgan fingerprint density at radius 2 is 2.00 bits per heavy atom. The molecule has 0 spiro atoms. The van der Waals surface area contributed by atoms with Crippen LogP contribution in [0.2, 0.25) is 0 Å². The third-order valence-electron chi connectivity index (χ3n) is 1.28. The summed E-state index contributed by atoms with van der Waals surface area (Å²) in [5.41, 5.74) is -0.629. The monoisotopic (exact) mass is 202 g/mol. The van der Waals surface area contributed by atoms with Gasteiger partial charge in [-0.05, 0) is 27.7 Å². The van der Waals surface area contributed by atoms with Crippen molar-refractivity contribution in [1.82, 2.24) is 5.32 Å². The van der Waals surface area contributed by atoms with Crippen molar-refractivity contribution in [1.29, 1.82) is 0 Å². The number of ether oxygens (including phenoxy) is 1. The molecule has 0 aliphatic heterocycles. The molecular weight excluding hydrogens is 186 g/mol. The molecule has 81 valence electrons. The number of hydrogen-bond acceptors (Lipinski definition) is 4. The van der Waals surface area contributed by atoms with Crippen molar-refractivity contribution in [3.63, 3.8) is 0 Å². The second kappa shape index (κ2) is 4.95. The molecule has 1 unspecified atom stereocenters. The van der Waals surface area contributed by atoms with Crippen molar-refractivity contribution in [2.24, 2.45) is 0 Å². The summed E-state index contributed by atoms with van der Waals surface area (Å²) in [5, 5.41) is 11.2. The van der Waals surface area contributed by atoms with E-state index in [0.717, 1.165) is 0 Å². The number of hydrogen-bond donors (Lipinski definition) is 2. The van der Waals surface area contributed by atoms with Gasteiger partial charge in [-0.3, -0.25) is 4.79 Å². The van der Waals surface area contributed by atoms with E-state index < -0.39 is 23.8 Å². The van der Waals surface area contributed by atoms with Gasteiger partial charge in [0, 0.05) is 0 Å². The molecule has 0 aromatic heterocycles. The number of carbonyl (C=O) groups excluding carboxylic acids is 2. The van der Waals surface area contributed by atoms with E-state index in [2.05, 4.69) is 5.32 Å². The van der Waals surface area contributed by atoms with Crippen LogP contribution >= 0.6 is 0 Å². The van der Waals surface area contributed by atoms with E-state index in [0.29, 0.717) is 0 Å². The molecule has 0 rings (SSSR count). The Balaban J connectivity index is 4.11. The molecule has 0 fully saturated rings. The van der Waals surface area contributed by atoms with Gasteiger partial charge in [0.1, 0.15) is 11.6 Å². The van der Waals surface area contributed by atoms with Crippen LogP contribution in [0, 0.1) is 0 Å². The molecule has 0 heterocycles. The van der Waals surface area contributed by atoms with Crippen LogP contribution in [0.3, 0.4) is 0 Å². The van der Waals surface area contributed by atoms with E-state index in [1.807, 2.05) is 0 Å². The maximum Gasteiger partial charge on any atom is 0.408 e. The van der Waals surface area contributed by atoms with E-state index in [4.69, 9.17) is 9.84 Å². The highest BCUT2D eigenvalue weighted by atomic mass is 16.6. The van der Waals surface area contributed by atoms with Crippen molar-refractivity contribution >= 4 is 12.4 Å². The van der Waals surface area contributed by atoms with Gasteiger partial charge in [-0.15, -0.1) is 0 Å². The zero-order valence-corrected chi connectivity index (χ0v) is 8.83. The molecular formula is C9H16NO4. The zero-order valence-electron chi connectivity index (χ0n) is 8.83. The van der Waals surface area contributed by atoms with Crippen molar-refractivity contribution in [3.8, 4) is 0 Å². The Kier molecular flexibility index (Phi) is 4.56. The van der Waals surface area contributed by atoms with Gasteiger partial charge in [-0.1, -0.05) is 0 Å². The first-order valence-electron chi connectivity index (χ1n) is 4.31. The lowest BCUT2D eigenvalue weighted by molar-refractivity contribution is 0.0473. The summed E-state index contributed by atoms with van der Waals surface area (Å²) in [7, 11) is 0. The minimum atomic E-state index is -1.05. The number of aliphatic hydroxyl groups is 1. The molecule has 5 heteroatoms. The van der Waals surface area contributed by atoms with E-state index in [-0.39, 0.29) is 0 Å². The largest absolute Gasteiger partial charge is 0.444 e. The van der Waals surface area contributed by atoms with Gasteiger partial charge in [0.2, 0.25) is 6.29 Å². The molecule has 1 amide bonds. The van der Waals surface area contributed by atoms with Gasteiger partial charge in [0.25, 0.3) is 0 Å². The third-order valence-corrected chi connectivity index (χ3v) is 1.28. The molecule has 0 aromatic carbocycles. The average molecular weight is 202 g/mol. The lowest BCUT2D eigenvalue weighted by Gasteiger charge is -2.22. The predicted molar refractivity (Wildman–Crippen MR) is 50.5 cm³/mol. The lowest BCUT2D eigenvalue weighted by atomic mass is 10.2. The maximum atomic E-state index is 11.1. The van der Waals surface area contributed by atoms with Crippen LogP contribution in [0.5, 0.6) is 0 Å². The van der Waals surface area contributed by atoms with Crippen LogP contribution in [-0.4, -0.2) is 35.2 Å². The smallest absolute Gasteiger partial charge is 0.408 e. The molecule has 2 atom stereocenters. The fourth-order valence-corrected chi connectivity index (χ4v) is 0.683. The SMILES string of the molecule is C[C@@H](O)C([C]=O)NC(=O)OC(C)(C)C. The van der Waals surface area contributed by atoms with Crippen LogP contribution < -0.4 is 5.32 Å². The summed E-state index contributed by atoms with van der Waals surface area (Å²) in [6.45, 7) is 6.49. The van der Waals surface area contributed by atoms with Crippen LogP contribution in [-0.2, 0) is 9.53 Å². The van der Waals surface area contributed by atoms with Crippen LogP contribution in [0.1, 0.15) is 27.7 Å². The number of nitrogens with one attached hydrogen (secondary N) is 1. The van der Waals surface area contributed by atoms with Crippen LogP contribution in [0.15, 0.2) is 0 Å². The molecule has 0 aromatic rings. The molecule has 0 saturated carbocycles. The van der Waals surface area contributed by atoms with Crippen LogP contribution in [0.4, 0.5) is 4.79 Å². The van der Waals surface area contributed by atoms with Crippen molar-refractivity contribution in [2.75, 3.05) is 0 Å². The summed E-state index contributed by atoms with van der Waals surface area (Å²) in [6.07, 6.45) is -0.224. The fraction of sp³-hybridized carbons (Fsp3) is 0.778. The predicted octanol–water partition coefficient (Wildman–Crippen LogP) is 0.370. The zero-order chi connectivity index (χ0) is 11.4. The molecule has 1 radical (unpaired) electrons. The van der Waals surface area contributed by atoms with E-state index >= 15 is 0 Å². The first-order valence-corrected chi connectivity index (χ1v) is 4.31. The van der Waals surface area contributed by atoms with Gasteiger partial charge in [0.15, 0.2) is 0 Å². The summed E-state index contributed by atoms with van der Waals surface area (Å²) < 4.78 is 4.88. The molecule has 14 heavy (non-hydrogen) atoms. The minimum absolute atomic E-state index is 0.629. The Bertz CT molecular complexity index is 207. The van der Waals surface area contributed by atoms with Gasteiger partial charge in [0.05, 0.1) is 6.10 Å². The topological polar surface area (TPSA) is 75.6 Å². The molecule has 0 aliphatic carbocycles. The maximum absolute atomic E-state index is 11.1. The van der Waals surface area contributed by atoms with Crippen molar-refractivity contribution < 1.29 is 19.4 Å². The molecule has 0 saturated heterocycles. The van der Waals surface area contributed by atoms with E-state index in [1.165, 1.54) is 13.2 Å². The standard InChI is InChI=1S/C9H16NO4/c1-6(12)7(5-11)10-8(13)14-9(2,3)4/h6-7,12H,1-4H3,(H,10,13)/t6-,7?/m1/s1. The summed E-state index contributed by atoms with van der Waals surface area (Å²) >= 11 is 0. The first kappa shape index (κ1) is 12.9. The van der Waals surface area contributed by atoms with E-state index in [9.17, 15) is 9.59 Å². The summed E-state index contributed by atoms with van der Waals surface area (Å²) in [4.78, 5) is 21.4. The summed E-state index contributed by atoms with van der Waals surface area (Å²) in [6, 6.07) is -1.05. The van der Waals surface area contributed by atoms with Crippen molar-refractivity contribution in [3.05, 3.63) is 0 Å². The lowest BCUT2D eigenvalue weighted by Crippen LogP contribution is -2.45. The Morgan fingerprint density at radius 1 is 1.50 bits per heavy atom. The first-order chi connectivity index (χ1) is 6.26. The van der Waals surface area contributed by atoms with Crippen LogP contribution in [0.25, 0.3) is 0 Å². The Labute approximate surface area is 83.4 Å². The number of alkyl carbamates (subject to hydrolysis) is 1. The Hall–Kier alpha value is -1.10. The molecule has 0 aliphatic rings. The highest BCUT2D eigenvalue weighted by Gasteiger charge is 2.22. The van der Waals surface area contributed by atoms with E-state index in [1.54, 1.807) is 20.8 Å². The fourth-order valence-electron chi connectivity index (χ4n) is 0.683. The van der Waals surface area contributed by atoms with Gasteiger partial charge >= 0.3 is 6.09 Å². The highest BCUT2D eigenvalue weighted by Crippen LogP contribution is 2.06. The van der Waals surface area contributed by atoms with Gasteiger partial charge < -0.3 is 15.2 Å². The minimum Gasteiger partial charge on any atom is -0.444 e. The molecule has 0 bridgehead atoms. The highest BCUT2D eigenvalue weighted by molar-refractivity contribution is 5.74. The third kappa shape index (κ3) is 5.53. The average Bonchev–Trinajstić information content (AvgIpc) is 1.96. The summed E-state index contributed by atoms with van der Waals surface area (Å²) in [5.74, 6) is 0. The number of rotatable bonds is 3. The van der Waals surface area contributed by atoms with Gasteiger partial charge in [-0.2, -0.15) is 0 Å². The number of amides is 1. The molecule has 5 nitrogen and oxygen atoms in total. The quantitative estimate of drug-likeness (QED) is 0.693. The Morgan fingerprint density at radius 3 is 2.29 bits per heavy atom. The van der Waals surface area contributed by atoms with Crippen molar-refractivity contribution in [2.45, 2.75) is 45.4 Å². The normalized spacial score (nSPS) is 15.5. The molecule has 2 N–H and O–H groups in total. The second-order valence-electron chi connectivity index (χ2n) is 3.98.